The number of carboxylic acids is 1. The first-order valence-electron chi connectivity index (χ1n) is 4.59. The first-order chi connectivity index (χ1) is 7.13. The number of amides is 1. The van der Waals surface area contributed by atoms with Crippen LogP contribution in [0.1, 0.15) is 23.6 Å². The molecule has 0 saturated carbocycles. The van der Waals surface area contributed by atoms with Gasteiger partial charge in [0.15, 0.2) is 0 Å². The van der Waals surface area contributed by atoms with Crippen LogP contribution in [0.4, 0.5) is 0 Å². The molecule has 0 aliphatic rings. The van der Waals surface area contributed by atoms with Crippen molar-refractivity contribution >= 4 is 23.2 Å². The number of carbonyl (C=O) groups is 2. The molecular formula is C10H13NO3S. The van der Waals surface area contributed by atoms with E-state index in [4.69, 9.17) is 5.11 Å². The fourth-order valence-corrected chi connectivity index (χ4v) is 2.16. The highest BCUT2D eigenvalue weighted by molar-refractivity contribution is 7.10. The van der Waals surface area contributed by atoms with E-state index in [1.165, 1.54) is 11.3 Å². The molecule has 0 aliphatic heterocycles. The largest absolute Gasteiger partial charge is 0.481 e. The van der Waals surface area contributed by atoms with Crippen molar-refractivity contribution in [1.29, 1.82) is 0 Å². The number of aliphatic carboxylic acids is 1. The lowest BCUT2D eigenvalue weighted by Crippen LogP contribution is -2.21. The maximum atomic E-state index is 11.2. The van der Waals surface area contributed by atoms with Crippen molar-refractivity contribution in [2.75, 3.05) is 7.05 Å². The second-order valence-corrected chi connectivity index (χ2v) is 4.17. The Morgan fingerprint density at radius 3 is 2.73 bits per heavy atom. The summed E-state index contributed by atoms with van der Waals surface area (Å²) in [7, 11) is 1.55. The van der Waals surface area contributed by atoms with Crippen molar-refractivity contribution in [1.82, 2.24) is 5.32 Å². The lowest BCUT2D eigenvalue weighted by molar-refractivity contribution is -0.137. The number of thiophene rings is 1. The number of hydrogen-bond donors (Lipinski definition) is 2. The molecule has 2 N–H and O–H groups in total. The van der Waals surface area contributed by atoms with Crippen LogP contribution in [0.25, 0.3) is 0 Å². The number of hydrogen-bond acceptors (Lipinski definition) is 3. The van der Waals surface area contributed by atoms with E-state index >= 15 is 0 Å². The summed E-state index contributed by atoms with van der Waals surface area (Å²) in [5.41, 5.74) is 0. The standard InChI is InChI=1S/C10H13NO3S/c1-11-9(12)5-7(6-10(13)14)8-3-2-4-15-8/h2-4,7H,5-6H2,1H3,(H,11,12)(H,13,14). The van der Waals surface area contributed by atoms with Gasteiger partial charge in [-0.15, -0.1) is 11.3 Å². The van der Waals surface area contributed by atoms with Gasteiger partial charge in [-0.25, -0.2) is 0 Å². The molecule has 1 atom stereocenters. The van der Waals surface area contributed by atoms with Gasteiger partial charge in [0, 0.05) is 24.3 Å². The molecular weight excluding hydrogens is 214 g/mol. The van der Waals surface area contributed by atoms with Gasteiger partial charge in [0.2, 0.25) is 5.91 Å². The Morgan fingerprint density at radius 1 is 1.53 bits per heavy atom. The highest BCUT2D eigenvalue weighted by atomic mass is 32.1. The smallest absolute Gasteiger partial charge is 0.304 e. The predicted molar refractivity (Wildman–Crippen MR) is 58.0 cm³/mol. The van der Waals surface area contributed by atoms with Gasteiger partial charge in [-0.3, -0.25) is 9.59 Å². The SMILES string of the molecule is CNC(=O)CC(CC(=O)O)c1cccs1. The normalized spacial score (nSPS) is 12.1. The second kappa shape index (κ2) is 5.50. The highest BCUT2D eigenvalue weighted by Crippen LogP contribution is 2.27. The molecule has 1 heterocycles. The van der Waals surface area contributed by atoms with Gasteiger partial charge in [-0.1, -0.05) is 6.07 Å². The van der Waals surface area contributed by atoms with E-state index in [9.17, 15) is 9.59 Å². The lowest BCUT2D eigenvalue weighted by Gasteiger charge is -2.11. The van der Waals surface area contributed by atoms with Gasteiger partial charge in [-0.2, -0.15) is 0 Å². The minimum absolute atomic E-state index is 0.00602. The second-order valence-electron chi connectivity index (χ2n) is 3.19. The molecule has 1 aromatic rings. The number of nitrogens with one attached hydrogen (secondary N) is 1. The third-order valence-electron chi connectivity index (χ3n) is 2.08. The molecule has 1 aromatic heterocycles. The third-order valence-corrected chi connectivity index (χ3v) is 3.11. The quantitative estimate of drug-likeness (QED) is 0.800. The van der Waals surface area contributed by atoms with Crippen molar-refractivity contribution in [2.45, 2.75) is 18.8 Å². The summed E-state index contributed by atoms with van der Waals surface area (Å²) in [6, 6.07) is 3.72. The monoisotopic (exact) mass is 227 g/mol. The van der Waals surface area contributed by atoms with E-state index in [0.717, 1.165) is 4.88 Å². The van der Waals surface area contributed by atoms with Gasteiger partial charge in [0.05, 0.1) is 6.42 Å². The summed E-state index contributed by atoms with van der Waals surface area (Å²) in [6.07, 6.45) is 0.219. The zero-order valence-corrected chi connectivity index (χ0v) is 9.21. The van der Waals surface area contributed by atoms with Crippen LogP contribution in [-0.4, -0.2) is 24.0 Å². The van der Waals surface area contributed by atoms with Gasteiger partial charge in [-0.05, 0) is 11.4 Å². The van der Waals surface area contributed by atoms with E-state index in [1.54, 1.807) is 7.05 Å². The Hall–Kier alpha value is -1.36. The van der Waals surface area contributed by atoms with E-state index < -0.39 is 5.97 Å². The maximum absolute atomic E-state index is 11.2. The van der Waals surface area contributed by atoms with Crippen LogP contribution in [0.15, 0.2) is 17.5 Å². The first kappa shape index (κ1) is 11.7. The summed E-state index contributed by atoms with van der Waals surface area (Å²) in [6.45, 7) is 0. The summed E-state index contributed by atoms with van der Waals surface area (Å²) >= 11 is 1.48. The van der Waals surface area contributed by atoms with Gasteiger partial charge < -0.3 is 10.4 Å². The van der Waals surface area contributed by atoms with Gasteiger partial charge in [0.25, 0.3) is 0 Å². The molecule has 0 saturated heterocycles. The van der Waals surface area contributed by atoms with E-state index in [-0.39, 0.29) is 24.7 Å². The summed E-state index contributed by atoms with van der Waals surface area (Å²) in [5, 5.41) is 13.1. The molecule has 15 heavy (non-hydrogen) atoms. The molecule has 1 unspecified atom stereocenters. The highest BCUT2D eigenvalue weighted by Gasteiger charge is 2.19. The average Bonchev–Trinajstić information content (AvgIpc) is 2.68. The summed E-state index contributed by atoms with van der Waals surface area (Å²) < 4.78 is 0. The minimum atomic E-state index is -0.877. The van der Waals surface area contributed by atoms with Crippen LogP contribution < -0.4 is 5.32 Å². The van der Waals surface area contributed by atoms with Crippen molar-refractivity contribution < 1.29 is 14.7 Å². The van der Waals surface area contributed by atoms with Crippen LogP contribution in [-0.2, 0) is 9.59 Å². The Kier molecular flexibility index (Phi) is 4.30. The van der Waals surface area contributed by atoms with E-state index in [2.05, 4.69) is 5.32 Å². The molecule has 1 amide bonds. The zero-order chi connectivity index (χ0) is 11.3. The Balaban J connectivity index is 2.70. The lowest BCUT2D eigenvalue weighted by atomic mass is 9.99. The molecule has 1 rings (SSSR count). The predicted octanol–water partition coefficient (Wildman–Crippen LogP) is 1.44. The molecule has 0 spiro atoms. The fraction of sp³-hybridized carbons (Fsp3) is 0.400. The summed E-state index contributed by atoms with van der Waals surface area (Å²) in [5.74, 6) is -1.23. The Labute approximate surface area is 91.9 Å². The number of carbonyl (C=O) groups excluding carboxylic acids is 1. The molecule has 0 bridgehead atoms. The van der Waals surface area contributed by atoms with Crippen molar-refractivity contribution in [3.8, 4) is 0 Å². The summed E-state index contributed by atoms with van der Waals surface area (Å²) in [4.78, 5) is 22.8. The van der Waals surface area contributed by atoms with Crippen molar-refractivity contribution in [3.63, 3.8) is 0 Å². The Morgan fingerprint density at radius 2 is 2.27 bits per heavy atom. The molecule has 0 aliphatic carbocycles. The van der Waals surface area contributed by atoms with Crippen LogP contribution >= 0.6 is 11.3 Å². The van der Waals surface area contributed by atoms with Crippen LogP contribution in [0.2, 0.25) is 0 Å². The molecule has 0 fully saturated rings. The van der Waals surface area contributed by atoms with Crippen LogP contribution in [0.3, 0.4) is 0 Å². The fourth-order valence-electron chi connectivity index (χ4n) is 1.33. The molecule has 4 nitrogen and oxygen atoms in total. The van der Waals surface area contributed by atoms with E-state index in [0.29, 0.717) is 0 Å². The third kappa shape index (κ3) is 3.71. The molecule has 0 aromatic carbocycles. The average molecular weight is 227 g/mol. The maximum Gasteiger partial charge on any atom is 0.304 e. The van der Waals surface area contributed by atoms with E-state index in [1.807, 2.05) is 17.5 Å². The van der Waals surface area contributed by atoms with Crippen molar-refractivity contribution in [2.24, 2.45) is 0 Å². The first-order valence-corrected chi connectivity index (χ1v) is 5.47. The van der Waals surface area contributed by atoms with Gasteiger partial charge in [0.1, 0.15) is 0 Å². The molecule has 82 valence electrons. The minimum Gasteiger partial charge on any atom is -0.481 e. The topological polar surface area (TPSA) is 66.4 Å². The Bertz CT molecular complexity index is 334. The zero-order valence-electron chi connectivity index (χ0n) is 8.40. The van der Waals surface area contributed by atoms with Crippen molar-refractivity contribution in [3.05, 3.63) is 22.4 Å². The number of rotatable bonds is 5. The van der Waals surface area contributed by atoms with Crippen LogP contribution in [0, 0.1) is 0 Å². The molecule has 5 heteroatoms. The van der Waals surface area contributed by atoms with Gasteiger partial charge >= 0.3 is 5.97 Å². The number of carboxylic acid groups (broad SMARTS) is 1. The molecule has 0 radical (unpaired) electrons. The van der Waals surface area contributed by atoms with Crippen LogP contribution in [0.5, 0.6) is 0 Å².